The number of rotatable bonds is 6. The maximum absolute atomic E-state index is 13.6. The van der Waals surface area contributed by atoms with Gasteiger partial charge in [0.25, 0.3) is 5.91 Å². The molecule has 0 bridgehead atoms. The van der Waals surface area contributed by atoms with Crippen molar-refractivity contribution >= 4 is 17.4 Å². The van der Waals surface area contributed by atoms with Gasteiger partial charge in [0.15, 0.2) is 5.69 Å². The van der Waals surface area contributed by atoms with Crippen molar-refractivity contribution in [2.45, 2.75) is 20.3 Å². The maximum atomic E-state index is 13.6. The number of nitrogens with one attached hydrogen (secondary N) is 2. The minimum absolute atomic E-state index is 0.219. The first-order valence-electron chi connectivity index (χ1n) is 8.72. The highest BCUT2D eigenvalue weighted by Crippen LogP contribution is 2.17. The molecule has 0 radical (unpaired) electrons. The second-order valence-corrected chi connectivity index (χ2v) is 6.34. The van der Waals surface area contributed by atoms with E-state index in [1.807, 2.05) is 32.0 Å². The van der Waals surface area contributed by atoms with Crippen LogP contribution in [0.1, 0.15) is 27.2 Å². The third-order valence-corrected chi connectivity index (χ3v) is 4.19. The van der Waals surface area contributed by atoms with E-state index in [0.717, 1.165) is 16.8 Å². The Morgan fingerprint density at radius 1 is 1.04 bits per heavy atom. The number of carbonyl (C=O) groups excluding carboxylic acids is 1. The number of halogens is 1. The molecule has 0 unspecified atom stereocenters. The molecule has 0 aliphatic heterocycles. The zero-order chi connectivity index (χ0) is 19.2. The molecule has 138 valence electrons. The van der Waals surface area contributed by atoms with Gasteiger partial charge in [0.2, 0.25) is 0 Å². The SMILES string of the molecule is Cc1ccc(NC(=O)c2ccc(NCCc3ccccc3F)nn2)c(C)c1. The highest BCUT2D eigenvalue weighted by atomic mass is 19.1. The lowest BCUT2D eigenvalue weighted by Gasteiger charge is -2.09. The van der Waals surface area contributed by atoms with Gasteiger partial charge in [-0.05, 0) is 55.7 Å². The lowest BCUT2D eigenvalue weighted by molar-refractivity contribution is 0.102. The van der Waals surface area contributed by atoms with E-state index in [-0.39, 0.29) is 17.4 Å². The highest BCUT2D eigenvalue weighted by Gasteiger charge is 2.10. The van der Waals surface area contributed by atoms with Crippen LogP contribution in [0.2, 0.25) is 0 Å². The molecule has 1 heterocycles. The van der Waals surface area contributed by atoms with Crippen LogP contribution in [0.5, 0.6) is 0 Å². The summed E-state index contributed by atoms with van der Waals surface area (Å²) in [6.07, 6.45) is 0.531. The van der Waals surface area contributed by atoms with Crippen LogP contribution in [0.4, 0.5) is 15.9 Å². The van der Waals surface area contributed by atoms with Gasteiger partial charge in [-0.25, -0.2) is 4.39 Å². The summed E-state index contributed by atoms with van der Waals surface area (Å²) in [6, 6.07) is 15.8. The Morgan fingerprint density at radius 2 is 1.85 bits per heavy atom. The summed E-state index contributed by atoms with van der Waals surface area (Å²) >= 11 is 0. The number of amides is 1. The minimum atomic E-state index is -0.313. The number of aryl methyl sites for hydroxylation is 2. The van der Waals surface area contributed by atoms with Crippen molar-refractivity contribution in [1.29, 1.82) is 0 Å². The second-order valence-electron chi connectivity index (χ2n) is 6.34. The molecule has 6 heteroatoms. The van der Waals surface area contributed by atoms with Gasteiger partial charge in [0.05, 0.1) is 0 Å². The number of aromatic nitrogens is 2. The smallest absolute Gasteiger partial charge is 0.276 e. The largest absolute Gasteiger partial charge is 0.368 e. The molecular weight excluding hydrogens is 343 g/mol. The molecule has 0 saturated carbocycles. The van der Waals surface area contributed by atoms with Gasteiger partial charge in [0, 0.05) is 12.2 Å². The Hall–Kier alpha value is -3.28. The van der Waals surface area contributed by atoms with E-state index in [9.17, 15) is 9.18 Å². The van der Waals surface area contributed by atoms with Gasteiger partial charge in [-0.1, -0.05) is 35.9 Å². The van der Waals surface area contributed by atoms with E-state index >= 15 is 0 Å². The molecule has 0 spiro atoms. The maximum Gasteiger partial charge on any atom is 0.276 e. The zero-order valence-electron chi connectivity index (χ0n) is 15.3. The molecule has 3 rings (SSSR count). The molecule has 0 aliphatic carbocycles. The standard InChI is InChI=1S/C21H21FN4O/c1-14-7-8-18(15(2)13-14)24-21(27)19-9-10-20(26-25-19)23-12-11-16-5-3-4-6-17(16)22/h3-10,13H,11-12H2,1-2H3,(H,23,26)(H,24,27). The molecule has 1 amide bonds. The molecule has 1 aromatic heterocycles. The van der Waals surface area contributed by atoms with E-state index in [4.69, 9.17) is 0 Å². The summed E-state index contributed by atoms with van der Waals surface area (Å²) in [5.74, 6) is 0.00516. The van der Waals surface area contributed by atoms with Crippen molar-refractivity contribution < 1.29 is 9.18 Å². The van der Waals surface area contributed by atoms with Gasteiger partial charge in [0.1, 0.15) is 11.6 Å². The van der Waals surface area contributed by atoms with Gasteiger partial charge in [-0.15, -0.1) is 10.2 Å². The van der Waals surface area contributed by atoms with Crippen LogP contribution < -0.4 is 10.6 Å². The van der Waals surface area contributed by atoms with E-state index in [2.05, 4.69) is 20.8 Å². The Bertz CT molecular complexity index is 941. The van der Waals surface area contributed by atoms with Gasteiger partial charge >= 0.3 is 0 Å². The molecule has 0 fully saturated rings. The molecule has 5 nitrogen and oxygen atoms in total. The Morgan fingerprint density at radius 3 is 2.56 bits per heavy atom. The summed E-state index contributed by atoms with van der Waals surface area (Å²) in [7, 11) is 0. The fourth-order valence-corrected chi connectivity index (χ4v) is 2.71. The van der Waals surface area contributed by atoms with Crippen LogP contribution in [-0.2, 0) is 6.42 Å². The summed E-state index contributed by atoms with van der Waals surface area (Å²) in [4.78, 5) is 12.3. The number of anilines is 2. The van der Waals surface area contributed by atoms with Crippen LogP contribution in [-0.4, -0.2) is 22.6 Å². The van der Waals surface area contributed by atoms with Crippen LogP contribution in [0.3, 0.4) is 0 Å². The molecular formula is C21H21FN4O. The predicted octanol–water partition coefficient (Wildman–Crippen LogP) is 4.14. The number of nitrogens with zero attached hydrogens (tertiary/aromatic N) is 2. The quantitative estimate of drug-likeness (QED) is 0.690. The number of hydrogen-bond donors (Lipinski definition) is 2. The molecule has 27 heavy (non-hydrogen) atoms. The van der Waals surface area contributed by atoms with Crippen LogP contribution in [0, 0.1) is 19.7 Å². The summed E-state index contributed by atoms with van der Waals surface area (Å²) in [6.45, 7) is 4.46. The first kappa shape index (κ1) is 18.5. The van der Waals surface area contributed by atoms with Crippen molar-refractivity contribution in [2.24, 2.45) is 0 Å². The lowest BCUT2D eigenvalue weighted by Crippen LogP contribution is -2.16. The molecule has 3 aromatic rings. The average Bonchev–Trinajstić information content (AvgIpc) is 2.66. The monoisotopic (exact) mass is 364 g/mol. The van der Waals surface area contributed by atoms with E-state index in [0.29, 0.717) is 24.3 Å². The fourth-order valence-electron chi connectivity index (χ4n) is 2.71. The summed E-state index contributed by atoms with van der Waals surface area (Å²) < 4.78 is 13.6. The van der Waals surface area contributed by atoms with Crippen LogP contribution >= 0.6 is 0 Å². The van der Waals surface area contributed by atoms with E-state index in [1.54, 1.807) is 30.3 Å². The van der Waals surface area contributed by atoms with Crippen molar-refractivity contribution in [2.75, 3.05) is 17.2 Å². The second kappa shape index (κ2) is 8.40. The Labute approximate surface area is 157 Å². The molecule has 0 aliphatic rings. The van der Waals surface area contributed by atoms with E-state index in [1.165, 1.54) is 6.07 Å². The summed E-state index contributed by atoms with van der Waals surface area (Å²) in [5.41, 5.74) is 3.75. The normalized spacial score (nSPS) is 10.5. The van der Waals surface area contributed by atoms with Crippen molar-refractivity contribution in [3.63, 3.8) is 0 Å². The van der Waals surface area contributed by atoms with Gasteiger partial charge < -0.3 is 10.6 Å². The van der Waals surface area contributed by atoms with Gasteiger partial charge in [-0.3, -0.25) is 4.79 Å². The molecule has 0 atom stereocenters. The third kappa shape index (κ3) is 4.88. The lowest BCUT2D eigenvalue weighted by atomic mass is 10.1. The van der Waals surface area contributed by atoms with Crippen molar-refractivity contribution in [3.8, 4) is 0 Å². The predicted molar refractivity (Wildman–Crippen MR) is 104 cm³/mol. The number of carbonyl (C=O) groups is 1. The summed E-state index contributed by atoms with van der Waals surface area (Å²) in [5, 5.41) is 13.9. The van der Waals surface area contributed by atoms with Gasteiger partial charge in [-0.2, -0.15) is 0 Å². The Balaban J connectivity index is 1.56. The molecule has 2 N–H and O–H groups in total. The molecule has 0 saturated heterocycles. The average molecular weight is 364 g/mol. The number of benzene rings is 2. The highest BCUT2D eigenvalue weighted by molar-refractivity contribution is 6.03. The first-order valence-corrected chi connectivity index (χ1v) is 8.72. The van der Waals surface area contributed by atoms with Crippen LogP contribution in [0.25, 0.3) is 0 Å². The van der Waals surface area contributed by atoms with E-state index < -0.39 is 0 Å². The Kier molecular flexibility index (Phi) is 5.76. The topological polar surface area (TPSA) is 66.9 Å². The number of hydrogen-bond acceptors (Lipinski definition) is 4. The van der Waals surface area contributed by atoms with Crippen molar-refractivity contribution in [3.05, 3.63) is 82.8 Å². The first-order chi connectivity index (χ1) is 13.0. The zero-order valence-corrected chi connectivity index (χ0v) is 15.3. The fraction of sp³-hybridized carbons (Fsp3) is 0.190. The van der Waals surface area contributed by atoms with Crippen LogP contribution in [0.15, 0.2) is 54.6 Å². The third-order valence-electron chi connectivity index (χ3n) is 4.19. The minimum Gasteiger partial charge on any atom is -0.368 e. The van der Waals surface area contributed by atoms with Crippen molar-refractivity contribution in [1.82, 2.24) is 10.2 Å². The molecule has 2 aromatic carbocycles.